The van der Waals surface area contributed by atoms with E-state index in [2.05, 4.69) is 9.97 Å². The van der Waals surface area contributed by atoms with Crippen molar-refractivity contribution < 1.29 is 4.74 Å². The summed E-state index contributed by atoms with van der Waals surface area (Å²) < 4.78 is 5.28. The maximum absolute atomic E-state index is 6.12. The van der Waals surface area contributed by atoms with E-state index in [0.29, 0.717) is 24.2 Å². The van der Waals surface area contributed by atoms with Gasteiger partial charge in [-0.3, -0.25) is 0 Å². The van der Waals surface area contributed by atoms with Gasteiger partial charge in [0.05, 0.1) is 0 Å². The fraction of sp³-hybridized carbons (Fsp3) is 0.636. The first kappa shape index (κ1) is 10.8. The number of hydrogen-bond acceptors (Lipinski definition) is 3. The maximum atomic E-state index is 6.12. The molecule has 82 valence electrons. The van der Waals surface area contributed by atoms with E-state index in [1.807, 2.05) is 6.92 Å². The Hall–Kier alpha value is -0.670. The van der Waals surface area contributed by atoms with Crippen molar-refractivity contribution in [2.24, 2.45) is 0 Å². The van der Waals surface area contributed by atoms with E-state index in [9.17, 15) is 0 Å². The van der Waals surface area contributed by atoms with E-state index >= 15 is 0 Å². The minimum Gasteiger partial charge on any atom is -0.374 e. The van der Waals surface area contributed by atoms with Crippen LogP contribution in [0.4, 0.5) is 0 Å². The smallest absolute Gasteiger partial charge is 0.155 e. The summed E-state index contributed by atoms with van der Waals surface area (Å²) in [6.45, 7) is 3.10. The maximum Gasteiger partial charge on any atom is 0.155 e. The molecule has 0 aromatic carbocycles. The van der Waals surface area contributed by atoms with Crippen LogP contribution in [0.5, 0.6) is 0 Å². The molecule has 0 unspecified atom stereocenters. The summed E-state index contributed by atoms with van der Waals surface area (Å²) >= 11 is 6.12. The molecule has 0 radical (unpaired) electrons. The highest BCUT2D eigenvalue weighted by molar-refractivity contribution is 6.30. The molecule has 0 N–H and O–H groups in total. The SMILES string of the molecule is CCOCc1nc(Cl)c2c(n1)CCCC2. The van der Waals surface area contributed by atoms with Gasteiger partial charge in [0.15, 0.2) is 5.82 Å². The van der Waals surface area contributed by atoms with Gasteiger partial charge in [0, 0.05) is 17.9 Å². The molecule has 1 aliphatic rings. The molecule has 0 saturated carbocycles. The summed E-state index contributed by atoms with van der Waals surface area (Å²) in [6.07, 6.45) is 4.44. The van der Waals surface area contributed by atoms with Gasteiger partial charge in [0.2, 0.25) is 0 Å². The van der Waals surface area contributed by atoms with Crippen LogP contribution in [0, 0.1) is 0 Å². The second kappa shape index (κ2) is 4.90. The molecule has 0 fully saturated rings. The van der Waals surface area contributed by atoms with E-state index < -0.39 is 0 Å². The van der Waals surface area contributed by atoms with Crippen molar-refractivity contribution in [1.29, 1.82) is 0 Å². The van der Waals surface area contributed by atoms with Crippen molar-refractivity contribution in [3.05, 3.63) is 22.2 Å². The molecular formula is C11H15ClN2O. The van der Waals surface area contributed by atoms with Gasteiger partial charge in [-0.05, 0) is 32.6 Å². The number of aryl methyl sites for hydroxylation is 1. The topological polar surface area (TPSA) is 35.0 Å². The first-order valence-electron chi connectivity index (χ1n) is 5.43. The van der Waals surface area contributed by atoms with Gasteiger partial charge in [-0.15, -0.1) is 0 Å². The Labute approximate surface area is 94.8 Å². The molecule has 1 aromatic rings. The van der Waals surface area contributed by atoms with E-state index in [1.165, 1.54) is 12.8 Å². The standard InChI is InChI=1S/C11H15ClN2O/c1-2-15-7-10-13-9-6-4-3-5-8(9)11(12)14-10/h2-7H2,1H3. The molecule has 0 amide bonds. The third kappa shape index (κ3) is 2.47. The van der Waals surface area contributed by atoms with Gasteiger partial charge >= 0.3 is 0 Å². The number of halogens is 1. The van der Waals surface area contributed by atoms with Crippen molar-refractivity contribution in [2.45, 2.75) is 39.2 Å². The predicted octanol–water partition coefficient (Wildman–Crippen LogP) is 2.55. The molecule has 0 spiro atoms. The molecule has 4 heteroatoms. The summed E-state index contributed by atoms with van der Waals surface area (Å²) in [7, 11) is 0. The van der Waals surface area contributed by atoms with Crippen LogP contribution in [0.2, 0.25) is 5.15 Å². The highest BCUT2D eigenvalue weighted by atomic mass is 35.5. The number of aromatic nitrogens is 2. The average molecular weight is 227 g/mol. The second-order valence-electron chi connectivity index (χ2n) is 3.70. The van der Waals surface area contributed by atoms with E-state index in [0.717, 1.165) is 24.1 Å². The van der Waals surface area contributed by atoms with Crippen molar-refractivity contribution in [3.63, 3.8) is 0 Å². The highest BCUT2D eigenvalue weighted by Crippen LogP contribution is 2.25. The quantitative estimate of drug-likeness (QED) is 0.743. The lowest BCUT2D eigenvalue weighted by atomic mass is 9.97. The zero-order valence-electron chi connectivity index (χ0n) is 8.92. The van der Waals surface area contributed by atoms with Crippen molar-refractivity contribution in [2.75, 3.05) is 6.61 Å². The zero-order valence-corrected chi connectivity index (χ0v) is 9.68. The molecule has 0 bridgehead atoms. The number of fused-ring (bicyclic) bond motifs is 1. The molecule has 1 aromatic heterocycles. The summed E-state index contributed by atoms with van der Waals surface area (Å²) in [5.74, 6) is 0.711. The van der Waals surface area contributed by atoms with Crippen molar-refractivity contribution in [3.8, 4) is 0 Å². The Bertz CT molecular complexity index is 355. The second-order valence-corrected chi connectivity index (χ2v) is 4.06. The van der Waals surface area contributed by atoms with Crippen molar-refractivity contribution in [1.82, 2.24) is 9.97 Å². The van der Waals surface area contributed by atoms with Gasteiger partial charge in [-0.2, -0.15) is 0 Å². The summed E-state index contributed by atoms with van der Waals surface area (Å²) in [4.78, 5) is 8.74. The Morgan fingerprint density at radius 2 is 2.07 bits per heavy atom. The third-order valence-corrected chi connectivity index (χ3v) is 2.93. The molecule has 1 aliphatic carbocycles. The van der Waals surface area contributed by atoms with Gasteiger partial charge in [-0.25, -0.2) is 9.97 Å². The lowest BCUT2D eigenvalue weighted by Crippen LogP contribution is -2.11. The van der Waals surface area contributed by atoms with Crippen LogP contribution in [-0.4, -0.2) is 16.6 Å². The Kier molecular flexibility index (Phi) is 3.54. The van der Waals surface area contributed by atoms with Crippen LogP contribution in [0.3, 0.4) is 0 Å². The minimum atomic E-state index is 0.462. The van der Waals surface area contributed by atoms with Crippen molar-refractivity contribution >= 4 is 11.6 Å². The first-order chi connectivity index (χ1) is 7.31. The van der Waals surface area contributed by atoms with Crippen LogP contribution in [0.15, 0.2) is 0 Å². The Morgan fingerprint density at radius 3 is 2.87 bits per heavy atom. The van der Waals surface area contributed by atoms with Crippen LogP contribution in [0.1, 0.15) is 36.8 Å². The normalized spacial score (nSPS) is 15.1. The Balaban J connectivity index is 2.24. The van der Waals surface area contributed by atoms with Gasteiger partial charge in [0.25, 0.3) is 0 Å². The molecule has 0 aliphatic heterocycles. The molecule has 3 nitrogen and oxygen atoms in total. The average Bonchev–Trinajstić information content (AvgIpc) is 2.26. The number of hydrogen-bond donors (Lipinski definition) is 0. The van der Waals surface area contributed by atoms with Gasteiger partial charge < -0.3 is 4.74 Å². The minimum absolute atomic E-state index is 0.462. The lowest BCUT2D eigenvalue weighted by Gasteiger charge is -2.16. The lowest BCUT2D eigenvalue weighted by molar-refractivity contribution is 0.128. The third-order valence-electron chi connectivity index (χ3n) is 2.61. The fourth-order valence-electron chi connectivity index (χ4n) is 1.85. The number of nitrogens with zero attached hydrogens (tertiary/aromatic N) is 2. The molecule has 15 heavy (non-hydrogen) atoms. The predicted molar refractivity (Wildman–Crippen MR) is 59.0 cm³/mol. The van der Waals surface area contributed by atoms with E-state index in [4.69, 9.17) is 16.3 Å². The number of ether oxygens (including phenoxy) is 1. The summed E-state index contributed by atoms with van der Waals surface area (Å²) in [5, 5.41) is 0.620. The summed E-state index contributed by atoms with van der Waals surface area (Å²) in [6, 6.07) is 0. The molecule has 1 heterocycles. The van der Waals surface area contributed by atoms with E-state index in [1.54, 1.807) is 0 Å². The largest absolute Gasteiger partial charge is 0.374 e. The van der Waals surface area contributed by atoms with E-state index in [-0.39, 0.29) is 0 Å². The molecular weight excluding hydrogens is 212 g/mol. The van der Waals surface area contributed by atoms with Crippen LogP contribution in [0.25, 0.3) is 0 Å². The van der Waals surface area contributed by atoms with Crippen LogP contribution < -0.4 is 0 Å². The van der Waals surface area contributed by atoms with Gasteiger partial charge in [0.1, 0.15) is 11.8 Å². The summed E-state index contributed by atoms with van der Waals surface area (Å²) in [5.41, 5.74) is 2.26. The number of rotatable bonds is 3. The monoisotopic (exact) mass is 226 g/mol. The molecule has 0 atom stereocenters. The van der Waals surface area contributed by atoms with Gasteiger partial charge in [-0.1, -0.05) is 11.6 Å². The van der Waals surface area contributed by atoms with Crippen LogP contribution >= 0.6 is 11.6 Å². The highest BCUT2D eigenvalue weighted by Gasteiger charge is 2.16. The van der Waals surface area contributed by atoms with Crippen LogP contribution in [-0.2, 0) is 24.2 Å². The zero-order chi connectivity index (χ0) is 10.7. The molecule has 0 saturated heterocycles. The first-order valence-corrected chi connectivity index (χ1v) is 5.81. The molecule has 2 rings (SSSR count). The Morgan fingerprint density at radius 1 is 1.27 bits per heavy atom. The fourth-order valence-corrected chi connectivity index (χ4v) is 2.16.